The fourth-order valence-electron chi connectivity index (χ4n) is 6.53. The fraction of sp³-hybridized carbons (Fsp3) is 0.429. The molecule has 2 fully saturated rings. The van der Waals surface area contributed by atoms with E-state index in [-0.39, 0.29) is 35.6 Å². The van der Waals surface area contributed by atoms with Gasteiger partial charge in [-0.1, -0.05) is 0 Å². The number of fused-ring (bicyclic) bond motifs is 2. The molecule has 2 aromatic carbocycles. The molecule has 0 N–H and O–H groups in total. The van der Waals surface area contributed by atoms with Crippen LogP contribution in [0.5, 0.6) is 29.4 Å². The van der Waals surface area contributed by atoms with Crippen molar-refractivity contribution in [2.24, 2.45) is 17.8 Å². The van der Waals surface area contributed by atoms with Crippen LogP contribution in [0.15, 0.2) is 53.4 Å². The first-order valence-corrected chi connectivity index (χ1v) is 17.6. The summed E-state index contributed by atoms with van der Waals surface area (Å²) >= 11 is 3.13. The zero-order chi connectivity index (χ0) is 37.1. The summed E-state index contributed by atoms with van der Waals surface area (Å²) in [7, 11) is 1.59. The van der Waals surface area contributed by atoms with Gasteiger partial charge in [-0.05, 0) is 98.5 Å². The molecule has 0 radical (unpaired) electrons. The Balaban J connectivity index is 0.000000217. The number of anilines is 1. The van der Waals surface area contributed by atoms with Gasteiger partial charge in [0.2, 0.25) is 10.6 Å². The molecule has 7 rings (SSSR count). The van der Waals surface area contributed by atoms with Gasteiger partial charge in [-0.25, -0.2) is 26.9 Å². The lowest BCUT2D eigenvalue weighted by atomic mass is 9.82. The minimum absolute atomic E-state index is 0.00860. The normalized spacial score (nSPS) is 18.1. The number of piperidine rings is 1. The number of hydrogen-bond acceptors (Lipinski definition) is 10. The van der Waals surface area contributed by atoms with Crippen molar-refractivity contribution in [1.29, 1.82) is 0 Å². The number of nitrogens with zero attached hydrogens (tertiary/aromatic N) is 9. The fourth-order valence-corrected chi connectivity index (χ4v) is 6.85. The monoisotopic (exact) mass is 787 g/mol. The number of hydrogen-bond donors (Lipinski definition) is 0. The first-order chi connectivity index (χ1) is 24.9. The molecule has 1 unspecified atom stereocenters. The molecule has 52 heavy (non-hydrogen) atoms. The second-order valence-electron chi connectivity index (χ2n) is 13.2. The minimum atomic E-state index is -0.970. The molecule has 0 spiro atoms. The quantitative estimate of drug-likeness (QED) is 0.129. The van der Waals surface area contributed by atoms with Crippen molar-refractivity contribution < 1.29 is 31.8 Å². The van der Waals surface area contributed by atoms with Crippen LogP contribution < -0.4 is 19.1 Å². The third-order valence-electron chi connectivity index (χ3n) is 9.04. The smallest absolute Gasteiger partial charge is 0.321 e. The molecule has 1 aliphatic heterocycles. The predicted octanol–water partition coefficient (Wildman–Crippen LogP) is 8.13. The highest BCUT2D eigenvalue weighted by Gasteiger charge is 2.42. The molecule has 1 saturated heterocycles. The summed E-state index contributed by atoms with van der Waals surface area (Å²) in [5.74, 6) is -0.648. The van der Waals surface area contributed by atoms with Crippen LogP contribution in [0.2, 0.25) is 0 Å². The van der Waals surface area contributed by atoms with E-state index < -0.39 is 23.3 Å². The Morgan fingerprint density at radius 2 is 1.33 bits per heavy atom. The Hall–Kier alpha value is -4.80. The number of rotatable bonds is 10. The highest BCUT2D eigenvalue weighted by molar-refractivity contribution is 9.10. The molecule has 2 aliphatic rings. The van der Waals surface area contributed by atoms with Crippen LogP contribution in [0.1, 0.15) is 58.4 Å². The molecule has 17 heteroatoms. The summed E-state index contributed by atoms with van der Waals surface area (Å²) in [6.07, 6.45) is 4.89. The molecule has 1 saturated carbocycles. The maximum absolute atomic E-state index is 13.6. The average molecular weight is 789 g/mol. The zero-order valence-corrected chi connectivity index (χ0v) is 30.8. The van der Waals surface area contributed by atoms with Crippen molar-refractivity contribution in [3.05, 3.63) is 82.5 Å². The maximum Gasteiger partial charge on any atom is 0.321 e. The van der Waals surface area contributed by atoms with Crippen molar-refractivity contribution in [3.8, 4) is 29.4 Å². The van der Waals surface area contributed by atoms with Crippen LogP contribution in [0.25, 0.3) is 0 Å². The molecule has 0 amide bonds. The van der Waals surface area contributed by atoms with Crippen molar-refractivity contribution in [2.45, 2.75) is 59.0 Å². The van der Waals surface area contributed by atoms with E-state index in [0.29, 0.717) is 34.2 Å². The van der Waals surface area contributed by atoms with E-state index >= 15 is 0 Å². The summed E-state index contributed by atoms with van der Waals surface area (Å²) in [6.45, 7) is 9.65. The van der Waals surface area contributed by atoms with Gasteiger partial charge in [0.05, 0.1) is 31.1 Å². The summed E-state index contributed by atoms with van der Waals surface area (Å²) in [5, 5.41) is 16.8. The van der Waals surface area contributed by atoms with E-state index in [1.165, 1.54) is 29.7 Å². The molecule has 1 aliphatic carbocycles. The highest BCUT2D eigenvalue weighted by atomic mass is 79.9. The standard InChI is InChI=1S/C24H28F2N6O2.C11H10BrF2N3O/c1-14(2)32-24(34-18-6-7-20(25)21(26)9-18)28-22(30-32)10-19-15-4-5-16(19)13-31(12-15)17-8-23(33-3)29-27-11-17;1-6(2)17-11(15-10(12)16-17)18-7-3-4-8(13)9(14)5-7/h6-9,11,14-16,19H,4-5,10,12-13H2,1-3H3;3-6H,1-2H3/t15-,16+,19?;. The summed E-state index contributed by atoms with van der Waals surface area (Å²) in [4.78, 5) is 11.0. The van der Waals surface area contributed by atoms with E-state index in [1.54, 1.807) is 18.0 Å². The Labute approximate surface area is 306 Å². The lowest BCUT2D eigenvalue weighted by molar-refractivity contribution is 0.265. The Bertz CT molecular complexity index is 2000. The van der Waals surface area contributed by atoms with Crippen LogP contribution in [0.3, 0.4) is 0 Å². The summed E-state index contributed by atoms with van der Waals surface area (Å²) < 4.78 is 72.7. The number of benzene rings is 2. The molecular weight excluding hydrogens is 750 g/mol. The second kappa shape index (κ2) is 15.8. The Morgan fingerprint density at radius 3 is 1.87 bits per heavy atom. The van der Waals surface area contributed by atoms with Gasteiger partial charge in [-0.3, -0.25) is 0 Å². The number of aromatic nitrogens is 8. The number of halogens is 5. The maximum atomic E-state index is 13.6. The van der Waals surface area contributed by atoms with E-state index in [0.717, 1.165) is 49.5 Å². The third-order valence-corrected chi connectivity index (χ3v) is 9.37. The largest absolute Gasteiger partial charge is 0.480 e. The zero-order valence-electron chi connectivity index (χ0n) is 29.2. The molecule has 3 atom stereocenters. The van der Waals surface area contributed by atoms with Gasteiger partial charge < -0.3 is 19.1 Å². The van der Waals surface area contributed by atoms with E-state index in [1.807, 2.05) is 33.8 Å². The summed E-state index contributed by atoms with van der Waals surface area (Å²) in [5.41, 5.74) is 1.03. The van der Waals surface area contributed by atoms with Gasteiger partial charge in [-0.2, -0.15) is 20.2 Å². The van der Waals surface area contributed by atoms with Crippen molar-refractivity contribution in [3.63, 3.8) is 0 Å². The first kappa shape index (κ1) is 37.0. The van der Waals surface area contributed by atoms with Gasteiger partial charge in [0.1, 0.15) is 11.5 Å². The second-order valence-corrected chi connectivity index (χ2v) is 13.9. The highest BCUT2D eigenvalue weighted by Crippen LogP contribution is 2.45. The Morgan fingerprint density at radius 1 is 0.769 bits per heavy atom. The van der Waals surface area contributed by atoms with Crippen LogP contribution in [0, 0.1) is 41.0 Å². The molecule has 4 heterocycles. The van der Waals surface area contributed by atoms with Crippen molar-refractivity contribution >= 4 is 21.6 Å². The van der Waals surface area contributed by atoms with Gasteiger partial charge in [-0.15, -0.1) is 10.2 Å². The van der Waals surface area contributed by atoms with Gasteiger partial charge in [0.25, 0.3) is 0 Å². The van der Waals surface area contributed by atoms with Gasteiger partial charge in [0, 0.05) is 37.7 Å². The van der Waals surface area contributed by atoms with Crippen LogP contribution in [-0.4, -0.2) is 59.9 Å². The third kappa shape index (κ3) is 8.45. The van der Waals surface area contributed by atoms with Gasteiger partial charge >= 0.3 is 12.0 Å². The summed E-state index contributed by atoms with van der Waals surface area (Å²) in [6, 6.07) is 9.20. The van der Waals surface area contributed by atoms with Crippen LogP contribution in [0.4, 0.5) is 23.2 Å². The molecule has 2 bridgehead atoms. The van der Waals surface area contributed by atoms with E-state index in [4.69, 9.17) is 19.3 Å². The van der Waals surface area contributed by atoms with E-state index in [9.17, 15) is 17.6 Å². The molecule has 5 aromatic rings. The molecule has 276 valence electrons. The topological polar surface area (TPSA) is 118 Å². The number of ether oxygens (including phenoxy) is 3. The molecule has 12 nitrogen and oxygen atoms in total. The Kier molecular flexibility index (Phi) is 11.3. The lowest BCUT2D eigenvalue weighted by Crippen LogP contribution is -2.42. The lowest BCUT2D eigenvalue weighted by Gasteiger charge is -2.38. The first-order valence-electron chi connectivity index (χ1n) is 16.8. The SMILES string of the molecule is CC(C)n1nc(Br)nc1Oc1ccc(F)c(F)c1.COc1cc(N2C[C@H]3CC[C@@H](C2)C3Cc2nc(Oc3ccc(F)c(F)c3)n(C(C)C)n2)cnn1. The van der Waals surface area contributed by atoms with Crippen LogP contribution >= 0.6 is 15.9 Å². The van der Waals surface area contributed by atoms with E-state index in [2.05, 4.69) is 46.1 Å². The molecule has 3 aromatic heterocycles. The average Bonchev–Trinajstić information content (AvgIpc) is 3.76. The van der Waals surface area contributed by atoms with Crippen molar-refractivity contribution in [1.82, 2.24) is 39.7 Å². The minimum Gasteiger partial charge on any atom is -0.480 e. The van der Waals surface area contributed by atoms with Crippen LogP contribution in [-0.2, 0) is 6.42 Å². The van der Waals surface area contributed by atoms with Gasteiger partial charge in [0.15, 0.2) is 29.1 Å². The molecular formula is C35H38BrF4N9O3. The number of methoxy groups -OCH3 is 1. The van der Waals surface area contributed by atoms with Crippen molar-refractivity contribution in [2.75, 3.05) is 25.1 Å². The predicted molar refractivity (Wildman–Crippen MR) is 186 cm³/mol.